The molecule has 0 atom stereocenters. The van der Waals surface area contributed by atoms with Crippen LogP contribution in [0.1, 0.15) is 37.5 Å². The number of unbranched alkanes of at least 4 members (excludes halogenated alkanes) is 3. The van der Waals surface area contributed by atoms with Gasteiger partial charge in [0.05, 0.1) is 9.72 Å². The monoisotopic (exact) mass is 252 g/mol. The summed E-state index contributed by atoms with van der Waals surface area (Å²) in [6, 6.07) is 8.44. The molecule has 2 heteroatoms. The Morgan fingerprint density at radius 3 is 2.81 bits per heavy atom. The maximum absolute atomic E-state index is 6.16. The lowest BCUT2D eigenvalue weighted by Crippen LogP contribution is -1.80. The molecule has 0 N–H and O–H groups in total. The Labute approximate surface area is 106 Å². The topological polar surface area (TPSA) is 0 Å². The van der Waals surface area contributed by atoms with E-state index in [0.29, 0.717) is 0 Å². The second-order valence-corrected chi connectivity index (χ2v) is 5.73. The highest BCUT2D eigenvalue weighted by molar-refractivity contribution is 7.19. The lowest BCUT2D eigenvalue weighted by Gasteiger charge is -1.96. The van der Waals surface area contributed by atoms with Crippen LogP contribution in [-0.2, 0) is 6.42 Å². The van der Waals surface area contributed by atoms with E-state index in [1.165, 1.54) is 47.1 Å². The van der Waals surface area contributed by atoms with Crippen molar-refractivity contribution in [3.8, 4) is 0 Å². The van der Waals surface area contributed by atoms with Crippen molar-refractivity contribution in [3.05, 3.63) is 34.2 Å². The third-order valence-electron chi connectivity index (χ3n) is 2.82. The zero-order valence-corrected chi connectivity index (χ0v) is 11.2. The molecule has 0 spiro atoms. The summed E-state index contributed by atoms with van der Waals surface area (Å²) in [5, 5.41) is 2.19. The standard InChI is InChI=1S/C14H17ClS/c1-2-3-4-5-8-12-10-11-7-6-9-13(15)14(11)16-12/h6-7,9-10H,2-5,8H2,1H3. The number of hydrogen-bond donors (Lipinski definition) is 0. The minimum absolute atomic E-state index is 0.891. The molecule has 0 unspecified atom stereocenters. The number of halogens is 1. The van der Waals surface area contributed by atoms with Crippen LogP contribution in [0.5, 0.6) is 0 Å². The highest BCUT2D eigenvalue weighted by Crippen LogP contribution is 2.32. The minimum atomic E-state index is 0.891. The lowest BCUT2D eigenvalue weighted by molar-refractivity contribution is 0.670. The van der Waals surface area contributed by atoms with Gasteiger partial charge in [-0.1, -0.05) is 49.9 Å². The number of hydrogen-bond acceptors (Lipinski definition) is 1. The highest BCUT2D eigenvalue weighted by atomic mass is 35.5. The normalized spacial score (nSPS) is 11.1. The number of fused-ring (bicyclic) bond motifs is 1. The summed E-state index contributed by atoms with van der Waals surface area (Å²) in [4.78, 5) is 1.47. The van der Waals surface area contributed by atoms with Crippen LogP contribution >= 0.6 is 22.9 Å². The zero-order valence-electron chi connectivity index (χ0n) is 9.63. The van der Waals surface area contributed by atoms with Gasteiger partial charge in [-0.2, -0.15) is 0 Å². The minimum Gasteiger partial charge on any atom is -0.139 e. The van der Waals surface area contributed by atoms with Crippen molar-refractivity contribution in [3.63, 3.8) is 0 Å². The first kappa shape index (κ1) is 11.9. The van der Waals surface area contributed by atoms with Crippen molar-refractivity contribution in [1.29, 1.82) is 0 Å². The van der Waals surface area contributed by atoms with Gasteiger partial charge in [0, 0.05) is 4.88 Å². The van der Waals surface area contributed by atoms with E-state index in [9.17, 15) is 0 Å². The number of benzene rings is 1. The maximum atomic E-state index is 6.16. The Hall–Kier alpha value is -0.530. The van der Waals surface area contributed by atoms with Gasteiger partial charge in [-0.25, -0.2) is 0 Å². The average Bonchev–Trinajstić information content (AvgIpc) is 2.69. The van der Waals surface area contributed by atoms with E-state index in [-0.39, 0.29) is 0 Å². The van der Waals surface area contributed by atoms with Crippen molar-refractivity contribution in [2.45, 2.75) is 39.0 Å². The van der Waals surface area contributed by atoms with Crippen LogP contribution in [0.4, 0.5) is 0 Å². The maximum Gasteiger partial charge on any atom is 0.0584 e. The second kappa shape index (κ2) is 5.70. The molecule has 0 bridgehead atoms. The van der Waals surface area contributed by atoms with Gasteiger partial charge >= 0.3 is 0 Å². The van der Waals surface area contributed by atoms with Crippen LogP contribution in [-0.4, -0.2) is 0 Å². The molecule has 2 rings (SSSR count). The van der Waals surface area contributed by atoms with E-state index in [4.69, 9.17) is 11.6 Å². The quantitative estimate of drug-likeness (QED) is 0.601. The van der Waals surface area contributed by atoms with Crippen molar-refractivity contribution in [2.24, 2.45) is 0 Å². The Morgan fingerprint density at radius 1 is 1.19 bits per heavy atom. The molecule has 1 heterocycles. The third-order valence-corrected chi connectivity index (χ3v) is 4.49. The highest BCUT2D eigenvalue weighted by Gasteiger charge is 2.04. The average molecular weight is 253 g/mol. The third kappa shape index (κ3) is 2.78. The van der Waals surface area contributed by atoms with Crippen LogP contribution < -0.4 is 0 Å². The molecule has 0 saturated carbocycles. The first-order chi connectivity index (χ1) is 7.81. The summed E-state index contributed by atoms with van der Waals surface area (Å²) in [5.74, 6) is 0. The number of rotatable bonds is 5. The molecular formula is C14H17ClS. The Kier molecular flexibility index (Phi) is 4.25. The molecule has 0 radical (unpaired) electrons. The Morgan fingerprint density at radius 2 is 2.06 bits per heavy atom. The van der Waals surface area contributed by atoms with Gasteiger partial charge in [0.2, 0.25) is 0 Å². The van der Waals surface area contributed by atoms with Crippen LogP contribution in [0.3, 0.4) is 0 Å². The van der Waals surface area contributed by atoms with E-state index in [2.05, 4.69) is 19.1 Å². The summed E-state index contributed by atoms with van der Waals surface area (Å²) in [6.45, 7) is 2.25. The SMILES string of the molecule is CCCCCCc1cc2cccc(Cl)c2s1. The van der Waals surface area contributed by atoms with Gasteiger partial charge in [0.25, 0.3) is 0 Å². The predicted molar refractivity (Wildman–Crippen MR) is 74.7 cm³/mol. The van der Waals surface area contributed by atoms with Crippen molar-refractivity contribution in [2.75, 3.05) is 0 Å². The fourth-order valence-corrected chi connectivity index (χ4v) is 3.33. The van der Waals surface area contributed by atoms with Crippen LogP contribution in [0.25, 0.3) is 10.1 Å². The van der Waals surface area contributed by atoms with Gasteiger partial charge in [0.15, 0.2) is 0 Å². The Balaban J connectivity index is 2.05. The van der Waals surface area contributed by atoms with E-state index in [0.717, 1.165) is 5.02 Å². The molecule has 0 amide bonds. The van der Waals surface area contributed by atoms with Gasteiger partial charge in [0.1, 0.15) is 0 Å². The lowest BCUT2D eigenvalue weighted by atomic mass is 10.1. The predicted octanol–water partition coefficient (Wildman–Crippen LogP) is 5.68. The van der Waals surface area contributed by atoms with Gasteiger partial charge in [-0.3, -0.25) is 0 Å². The number of aryl methyl sites for hydroxylation is 1. The zero-order chi connectivity index (χ0) is 11.4. The van der Waals surface area contributed by atoms with Crippen molar-refractivity contribution >= 4 is 33.0 Å². The fourth-order valence-electron chi connectivity index (χ4n) is 1.93. The molecule has 1 aromatic heterocycles. The van der Waals surface area contributed by atoms with E-state index >= 15 is 0 Å². The summed E-state index contributed by atoms with van der Waals surface area (Å²) in [5.41, 5.74) is 0. The van der Waals surface area contributed by atoms with Gasteiger partial charge in [-0.05, 0) is 30.4 Å². The second-order valence-electron chi connectivity index (χ2n) is 4.18. The summed E-state index contributed by atoms with van der Waals surface area (Å²) in [7, 11) is 0. The summed E-state index contributed by atoms with van der Waals surface area (Å²) < 4.78 is 1.25. The first-order valence-electron chi connectivity index (χ1n) is 5.98. The summed E-state index contributed by atoms with van der Waals surface area (Å²) >= 11 is 8.01. The molecule has 0 aliphatic carbocycles. The van der Waals surface area contributed by atoms with Crippen molar-refractivity contribution < 1.29 is 0 Å². The van der Waals surface area contributed by atoms with Crippen LogP contribution in [0.15, 0.2) is 24.3 Å². The van der Waals surface area contributed by atoms with Crippen molar-refractivity contribution in [1.82, 2.24) is 0 Å². The van der Waals surface area contributed by atoms with E-state index in [1.807, 2.05) is 23.5 Å². The van der Waals surface area contributed by atoms with E-state index < -0.39 is 0 Å². The first-order valence-corrected chi connectivity index (χ1v) is 7.17. The molecule has 0 aliphatic rings. The van der Waals surface area contributed by atoms with Gasteiger partial charge < -0.3 is 0 Å². The smallest absolute Gasteiger partial charge is 0.0584 e. The molecule has 0 fully saturated rings. The largest absolute Gasteiger partial charge is 0.139 e. The Bertz CT molecular complexity index is 459. The number of thiophene rings is 1. The van der Waals surface area contributed by atoms with Gasteiger partial charge in [-0.15, -0.1) is 11.3 Å². The molecular weight excluding hydrogens is 236 g/mol. The molecule has 2 aromatic rings. The fraction of sp³-hybridized carbons (Fsp3) is 0.429. The molecule has 1 aromatic carbocycles. The summed E-state index contributed by atoms with van der Waals surface area (Å²) in [6.07, 6.45) is 6.51. The molecule has 0 saturated heterocycles. The van der Waals surface area contributed by atoms with Crippen LogP contribution in [0, 0.1) is 0 Å². The molecule has 0 aliphatic heterocycles. The molecule has 16 heavy (non-hydrogen) atoms. The van der Waals surface area contributed by atoms with Crippen LogP contribution in [0.2, 0.25) is 5.02 Å². The molecule has 0 nitrogen and oxygen atoms in total. The van der Waals surface area contributed by atoms with E-state index in [1.54, 1.807) is 0 Å². The molecule has 86 valence electrons.